The molecule has 23 heavy (non-hydrogen) atoms. The number of benzene rings is 1. The minimum absolute atomic E-state index is 0. The molecule has 0 aromatic heterocycles. The summed E-state index contributed by atoms with van der Waals surface area (Å²) in [5.74, 6) is 0.106. The first kappa shape index (κ1) is 19.9. The van der Waals surface area contributed by atoms with Crippen molar-refractivity contribution in [1.82, 2.24) is 9.80 Å². The van der Waals surface area contributed by atoms with Crippen LogP contribution in [-0.2, 0) is 11.3 Å². The van der Waals surface area contributed by atoms with Gasteiger partial charge in [0.25, 0.3) is 0 Å². The Balaban J connectivity index is 0.00000264. The largest absolute Gasteiger partial charge is 0.338 e. The molecule has 2 rings (SSSR count). The summed E-state index contributed by atoms with van der Waals surface area (Å²) in [5, 5.41) is 0. The molecule has 1 saturated heterocycles. The van der Waals surface area contributed by atoms with Gasteiger partial charge in [-0.25, -0.2) is 0 Å². The van der Waals surface area contributed by atoms with E-state index in [-0.39, 0.29) is 29.9 Å². The standard InChI is InChI=1S/C18H29N3O.ClH/c1-4-8-16(19)17(22)20-11-12-21(18(2,3)14-20)13-15-9-6-5-7-10-15;/h5-7,9-10,16H,4,8,11-14,19H2,1-3H3;1H. The van der Waals surface area contributed by atoms with E-state index in [0.717, 1.165) is 39.0 Å². The topological polar surface area (TPSA) is 49.6 Å². The van der Waals surface area contributed by atoms with Gasteiger partial charge in [-0.05, 0) is 25.8 Å². The molecule has 0 spiro atoms. The molecule has 1 aromatic carbocycles. The molecule has 1 atom stereocenters. The van der Waals surface area contributed by atoms with Crippen LogP contribution in [-0.4, -0.2) is 46.9 Å². The van der Waals surface area contributed by atoms with E-state index in [1.165, 1.54) is 5.56 Å². The second-order valence-corrected chi connectivity index (χ2v) is 6.87. The monoisotopic (exact) mass is 339 g/mol. The summed E-state index contributed by atoms with van der Waals surface area (Å²) in [6, 6.07) is 10.2. The van der Waals surface area contributed by atoms with Crippen molar-refractivity contribution in [2.24, 2.45) is 5.73 Å². The molecule has 2 N–H and O–H groups in total. The van der Waals surface area contributed by atoms with Crippen molar-refractivity contribution in [3.05, 3.63) is 35.9 Å². The highest BCUT2D eigenvalue weighted by atomic mass is 35.5. The zero-order valence-corrected chi connectivity index (χ0v) is 15.3. The molecule has 1 amide bonds. The summed E-state index contributed by atoms with van der Waals surface area (Å²) in [6.45, 7) is 9.82. The van der Waals surface area contributed by atoms with Crippen LogP contribution in [0, 0.1) is 0 Å². The Kier molecular flexibility index (Phi) is 7.52. The van der Waals surface area contributed by atoms with Crippen LogP contribution < -0.4 is 5.73 Å². The lowest BCUT2D eigenvalue weighted by atomic mass is 9.97. The van der Waals surface area contributed by atoms with Gasteiger partial charge in [-0.1, -0.05) is 43.7 Å². The summed E-state index contributed by atoms with van der Waals surface area (Å²) in [7, 11) is 0. The maximum atomic E-state index is 12.4. The van der Waals surface area contributed by atoms with Gasteiger partial charge in [-0.15, -0.1) is 12.4 Å². The van der Waals surface area contributed by atoms with E-state index in [2.05, 4.69) is 49.9 Å². The molecule has 1 aliphatic rings. The van der Waals surface area contributed by atoms with Crippen molar-refractivity contribution in [2.45, 2.75) is 51.7 Å². The molecule has 1 aromatic rings. The summed E-state index contributed by atoms with van der Waals surface area (Å²) >= 11 is 0. The van der Waals surface area contributed by atoms with Crippen molar-refractivity contribution < 1.29 is 4.79 Å². The minimum Gasteiger partial charge on any atom is -0.338 e. The van der Waals surface area contributed by atoms with Gasteiger partial charge in [-0.2, -0.15) is 0 Å². The Morgan fingerprint density at radius 2 is 1.91 bits per heavy atom. The third-order valence-electron chi connectivity index (χ3n) is 4.52. The number of amides is 1. The second-order valence-electron chi connectivity index (χ2n) is 6.87. The lowest BCUT2D eigenvalue weighted by molar-refractivity contribution is -0.138. The van der Waals surface area contributed by atoms with E-state index in [0.29, 0.717) is 0 Å². The number of hydrogen-bond acceptors (Lipinski definition) is 3. The van der Waals surface area contributed by atoms with Gasteiger partial charge in [0.15, 0.2) is 0 Å². The Bertz CT molecular complexity index is 492. The van der Waals surface area contributed by atoms with Crippen LogP contribution in [0.25, 0.3) is 0 Å². The van der Waals surface area contributed by atoms with Crippen LogP contribution in [0.2, 0.25) is 0 Å². The average Bonchev–Trinajstić information content (AvgIpc) is 2.49. The van der Waals surface area contributed by atoms with E-state index in [1.54, 1.807) is 0 Å². The predicted octanol–water partition coefficient (Wildman–Crippen LogP) is 2.66. The normalized spacial score (nSPS) is 19.0. The molecule has 1 fully saturated rings. The Hall–Kier alpha value is -1.10. The Labute approximate surface area is 146 Å². The molecule has 1 unspecified atom stereocenters. The van der Waals surface area contributed by atoms with Gasteiger partial charge in [0, 0.05) is 31.7 Å². The van der Waals surface area contributed by atoms with Crippen molar-refractivity contribution in [2.75, 3.05) is 19.6 Å². The lowest BCUT2D eigenvalue weighted by Crippen LogP contribution is -2.61. The maximum Gasteiger partial charge on any atom is 0.239 e. The SMILES string of the molecule is CCCC(N)C(=O)N1CCN(Cc2ccccc2)C(C)(C)C1.Cl. The molecule has 130 valence electrons. The number of hydrogen-bond donors (Lipinski definition) is 1. The lowest BCUT2D eigenvalue weighted by Gasteiger charge is -2.47. The first-order valence-electron chi connectivity index (χ1n) is 8.27. The number of carbonyl (C=O) groups is 1. The highest BCUT2D eigenvalue weighted by Crippen LogP contribution is 2.23. The summed E-state index contributed by atoms with van der Waals surface area (Å²) in [5.41, 5.74) is 7.29. The summed E-state index contributed by atoms with van der Waals surface area (Å²) in [6.07, 6.45) is 1.72. The third kappa shape index (κ3) is 5.20. The van der Waals surface area contributed by atoms with Crippen LogP contribution in [0.5, 0.6) is 0 Å². The molecule has 1 aliphatic heterocycles. The highest BCUT2D eigenvalue weighted by molar-refractivity contribution is 5.85. The van der Waals surface area contributed by atoms with Crippen molar-refractivity contribution in [3.8, 4) is 0 Å². The van der Waals surface area contributed by atoms with E-state index >= 15 is 0 Å². The van der Waals surface area contributed by atoms with Crippen molar-refractivity contribution in [3.63, 3.8) is 0 Å². The van der Waals surface area contributed by atoms with Crippen molar-refractivity contribution in [1.29, 1.82) is 0 Å². The summed E-state index contributed by atoms with van der Waals surface area (Å²) in [4.78, 5) is 16.8. The smallest absolute Gasteiger partial charge is 0.239 e. The maximum absolute atomic E-state index is 12.4. The molecule has 0 bridgehead atoms. The molecule has 1 heterocycles. The summed E-state index contributed by atoms with van der Waals surface area (Å²) < 4.78 is 0. The molecule has 5 heteroatoms. The highest BCUT2D eigenvalue weighted by Gasteiger charge is 2.36. The predicted molar refractivity (Wildman–Crippen MR) is 97.6 cm³/mol. The molecule has 0 radical (unpaired) electrons. The minimum atomic E-state index is -0.346. The van der Waals surface area contributed by atoms with Crippen LogP contribution in [0.4, 0.5) is 0 Å². The van der Waals surface area contributed by atoms with E-state index in [4.69, 9.17) is 5.73 Å². The van der Waals surface area contributed by atoms with Gasteiger partial charge >= 0.3 is 0 Å². The first-order valence-corrected chi connectivity index (χ1v) is 8.27. The van der Waals surface area contributed by atoms with E-state index in [9.17, 15) is 4.79 Å². The fraction of sp³-hybridized carbons (Fsp3) is 0.611. The molecule has 0 saturated carbocycles. The number of nitrogens with zero attached hydrogens (tertiary/aromatic N) is 2. The van der Waals surface area contributed by atoms with Crippen LogP contribution in [0.3, 0.4) is 0 Å². The quantitative estimate of drug-likeness (QED) is 0.897. The number of piperazine rings is 1. The van der Waals surface area contributed by atoms with Crippen LogP contribution >= 0.6 is 12.4 Å². The first-order chi connectivity index (χ1) is 10.4. The van der Waals surface area contributed by atoms with Gasteiger partial charge in [0.2, 0.25) is 5.91 Å². The van der Waals surface area contributed by atoms with Crippen LogP contribution in [0.1, 0.15) is 39.2 Å². The van der Waals surface area contributed by atoms with Gasteiger partial charge in [0.05, 0.1) is 6.04 Å². The van der Waals surface area contributed by atoms with Crippen LogP contribution in [0.15, 0.2) is 30.3 Å². The zero-order valence-electron chi connectivity index (χ0n) is 14.5. The van der Waals surface area contributed by atoms with Gasteiger partial charge in [-0.3, -0.25) is 9.69 Å². The van der Waals surface area contributed by atoms with Crippen molar-refractivity contribution >= 4 is 18.3 Å². The van der Waals surface area contributed by atoms with Gasteiger partial charge in [0.1, 0.15) is 0 Å². The van der Waals surface area contributed by atoms with E-state index in [1.807, 2.05) is 11.0 Å². The molecular weight excluding hydrogens is 310 g/mol. The second kappa shape index (κ2) is 8.67. The number of halogens is 1. The number of rotatable bonds is 5. The Morgan fingerprint density at radius 1 is 1.26 bits per heavy atom. The Morgan fingerprint density at radius 3 is 2.48 bits per heavy atom. The number of nitrogens with two attached hydrogens (primary N) is 1. The third-order valence-corrected chi connectivity index (χ3v) is 4.52. The fourth-order valence-electron chi connectivity index (χ4n) is 3.14. The molecular formula is C18H30ClN3O. The molecule has 4 nitrogen and oxygen atoms in total. The molecule has 0 aliphatic carbocycles. The average molecular weight is 340 g/mol. The number of carbonyl (C=O) groups excluding carboxylic acids is 1. The van der Waals surface area contributed by atoms with E-state index < -0.39 is 0 Å². The fourth-order valence-corrected chi connectivity index (χ4v) is 3.14. The van der Waals surface area contributed by atoms with Gasteiger partial charge < -0.3 is 10.6 Å². The zero-order chi connectivity index (χ0) is 16.2.